The summed E-state index contributed by atoms with van der Waals surface area (Å²) >= 11 is 0. The van der Waals surface area contributed by atoms with Gasteiger partial charge in [-0.25, -0.2) is 9.97 Å². The van der Waals surface area contributed by atoms with Crippen LogP contribution in [0.4, 0.5) is 0 Å². The van der Waals surface area contributed by atoms with Crippen LogP contribution in [0, 0.1) is 0 Å². The summed E-state index contributed by atoms with van der Waals surface area (Å²) in [6, 6.07) is 6.58. The van der Waals surface area contributed by atoms with Gasteiger partial charge in [0, 0.05) is 49.7 Å². The van der Waals surface area contributed by atoms with E-state index < -0.39 is 0 Å². The monoisotopic (exact) mass is 333 g/mol. The van der Waals surface area contributed by atoms with Crippen molar-refractivity contribution in [2.45, 2.75) is 25.3 Å². The van der Waals surface area contributed by atoms with E-state index >= 15 is 0 Å². The lowest BCUT2D eigenvalue weighted by Crippen LogP contribution is -2.21. The van der Waals surface area contributed by atoms with Crippen molar-refractivity contribution in [1.82, 2.24) is 24.5 Å². The molecule has 0 aromatic carbocycles. The van der Waals surface area contributed by atoms with Crippen molar-refractivity contribution in [3.05, 3.63) is 54.4 Å². The number of ether oxygens (including phenoxy) is 1. The third-order valence-corrected chi connectivity index (χ3v) is 4.95. The third-order valence-electron chi connectivity index (χ3n) is 4.95. The van der Waals surface area contributed by atoms with Gasteiger partial charge < -0.3 is 14.3 Å². The normalized spacial score (nSPS) is 16.0. The Bertz CT molecular complexity index is 1010. The maximum Gasteiger partial charge on any atom is 0.139 e. The largest absolute Gasteiger partial charge is 0.381 e. The molecule has 1 aliphatic heterocycles. The first kappa shape index (κ1) is 14.6. The Labute approximate surface area is 144 Å². The van der Waals surface area contributed by atoms with Crippen LogP contribution in [-0.4, -0.2) is 37.7 Å². The minimum atomic E-state index is 0.408. The highest BCUT2D eigenvalue weighted by Gasteiger charge is 2.23. The number of imidazole rings is 1. The first-order chi connectivity index (χ1) is 12.4. The lowest BCUT2D eigenvalue weighted by Gasteiger charge is -2.26. The molecule has 1 N–H and O–H groups in total. The number of pyridine rings is 2. The lowest BCUT2D eigenvalue weighted by molar-refractivity contribution is 0.0700. The van der Waals surface area contributed by atoms with Gasteiger partial charge in [-0.05, 0) is 30.5 Å². The van der Waals surface area contributed by atoms with Crippen LogP contribution in [0.1, 0.15) is 30.3 Å². The van der Waals surface area contributed by atoms with E-state index in [-0.39, 0.29) is 0 Å². The van der Waals surface area contributed by atoms with Gasteiger partial charge in [0.05, 0.1) is 11.7 Å². The molecule has 0 aliphatic carbocycles. The first-order valence-corrected chi connectivity index (χ1v) is 8.70. The highest BCUT2D eigenvalue weighted by Crippen LogP contribution is 2.32. The summed E-state index contributed by atoms with van der Waals surface area (Å²) in [5.41, 5.74) is 4.22. The van der Waals surface area contributed by atoms with Crippen LogP contribution >= 0.6 is 0 Å². The Morgan fingerprint density at radius 3 is 2.96 bits per heavy atom. The highest BCUT2D eigenvalue weighted by atomic mass is 16.5. The SMILES string of the molecule is c1cncc(Cc2nc3cnc4[nH]ccc4c3n2C2CCOCC2)c1. The standard InChI is InChI=1S/C19H19N5O/c1-2-13(11-20-6-1)10-17-23-16-12-22-19-15(3-7-21-19)18(16)24(17)14-4-8-25-9-5-14/h1-3,6-7,11-12,14H,4-5,8-10H2,(H,21,22). The molecule has 1 saturated heterocycles. The number of hydrogen-bond donors (Lipinski definition) is 1. The number of H-pyrrole nitrogens is 1. The quantitative estimate of drug-likeness (QED) is 0.625. The van der Waals surface area contributed by atoms with E-state index in [1.54, 1.807) is 6.20 Å². The maximum absolute atomic E-state index is 5.58. The third kappa shape index (κ3) is 2.49. The number of hydrogen-bond acceptors (Lipinski definition) is 4. The Balaban J connectivity index is 1.72. The molecule has 4 aromatic rings. The van der Waals surface area contributed by atoms with Crippen molar-refractivity contribution in [3.8, 4) is 0 Å². The fraction of sp³-hybridized carbons (Fsp3) is 0.316. The Hall–Kier alpha value is -2.73. The summed E-state index contributed by atoms with van der Waals surface area (Å²) in [5.74, 6) is 1.07. The molecule has 126 valence electrons. The van der Waals surface area contributed by atoms with Crippen LogP contribution in [0.2, 0.25) is 0 Å². The van der Waals surface area contributed by atoms with Crippen molar-refractivity contribution in [2.75, 3.05) is 13.2 Å². The minimum absolute atomic E-state index is 0.408. The Morgan fingerprint density at radius 1 is 1.20 bits per heavy atom. The second kappa shape index (κ2) is 5.97. The number of nitrogens with zero attached hydrogens (tertiary/aromatic N) is 4. The van der Waals surface area contributed by atoms with Gasteiger partial charge in [-0.15, -0.1) is 0 Å². The van der Waals surface area contributed by atoms with E-state index in [9.17, 15) is 0 Å². The van der Waals surface area contributed by atoms with Gasteiger partial charge in [0.1, 0.15) is 17.0 Å². The predicted octanol–water partition coefficient (Wildman–Crippen LogP) is 3.25. The van der Waals surface area contributed by atoms with Gasteiger partial charge in [-0.2, -0.15) is 0 Å². The van der Waals surface area contributed by atoms with Crippen molar-refractivity contribution in [3.63, 3.8) is 0 Å². The first-order valence-electron chi connectivity index (χ1n) is 8.70. The fourth-order valence-corrected chi connectivity index (χ4v) is 3.79. The van der Waals surface area contributed by atoms with Gasteiger partial charge in [0.2, 0.25) is 0 Å². The van der Waals surface area contributed by atoms with Crippen LogP contribution in [0.15, 0.2) is 43.0 Å². The molecule has 5 heterocycles. The zero-order chi connectivity index (χ0) is 16.6. The van der Waals surface area contributed by atoms with Crippen LogP contribution in [0.3, 0.4) is 0 Å². The lowest BCUT2D eigenvalue weighted by atomic mass is 10.1. The number of nitrogens with one attached hydrogen (secondary N) is 1. The molecule has 0 amide bonds. The number of aromatic nitrogens is 5. The van der Waals surface area contributed by atoms with E-state index in [0.717, 1.165) is 54.9 Å². The van der Waals surface area contributed by atoms with Gasteiger partial charge in [-0.1, -0.05) is 6.07 Å². The molecule has 0 atom stereocenters. The second-order valence-corrected chi connectivity index (χ2v) is 6.51. The van der Waals surface area contributed by atoms with Gasteiger partial charge >= 0.3 is 0 Å². The molecule has 25 heavy (non-hydrogen) atoms. The van der Waals surface area contributed by atoms with Crippen molar-refractivity contribution in [2.24, 2.45) is 0 Å². The van der Waals surface area contributed by atoms with E-state index in [2.05, 4.69) is 31.7 Å². The van der Waals surface area contributed by atoms with Crippen LogP contribution in [0.5, 0.6) is 0 Å². The molecule has 6 nitrogen and oxygen atoms in total. The average Bonchev–Trinajstić information content (AvgIpc) is 3.27. The summed E-state index contributed by atoms with van der Waals surface area (Å²) in [4.78, 5) is 16.9. The second-order valence-electron chi connectivity index (χ2n) is 6.51. The van der Waals surface area contributed by atoms with Crippen molar-refractivity contribution < 1.29 is 4.74 Å². The molecule has 6 heteroatoms. The van der Waals surface area contributed by atoms with Crippen LogP contribution < -0.4 is 0 Å². The Kier molecular flexibility index (Phi) is 3.48. The summed E-state index contributed by atoms with van der Waals surface area (Å²) in [6.07, 6.45) is 10.3. The molecule has 0 bridgehead atoms. The number of aromatic amines is 1. The molecular formula is C19H19N5O. The molecule has 5 rings (SSSR count). The van der Waals surface area contributed by atoms with Gasteiger partial charge in [-0.3, -0.25) is 4.98 Å². The van der Waals surface area contributed by atoms with E-state index in [1.807, 2.05) is 24.7 Å². The molecule has 0 radical (unpaired) electrons. The average molecular weight is 333 g/mol. The molecule has 1 aliphatic rings. The molecule has 4 aromatic heterocycles. The van der Waals surface area contributed by atoms with Gasteiger partial charge in [0.25, 0.3) is 0 Å². The zero-order valence-corrected chi connectivity index (χ0v) is 13.9. The highest BCUT2D eigenvalue weighted by molar-refractivity contribution is 6.01. The summed E-state index contributed by atoms with van der Waals surface area (Å²) in [5, 5.41) is 1.13. The maximum atomic E-state index is 5.58. The molecule has 1 fully saturated rings. The number of rotatable bonds is 3. The van der Waals surface area contributed by atoms with Crippen LogP contribution in [-0.2, 0) is 11.2 Å². The minimum Gasteiger partial charge on any atom is -0.381 e. The molecule has 0 spiro atoms. The predicted molar refractivity (Wildman–Crippen MR) is 95.5 cm³/mol. The molecular weight excluding hydrogens is 314 g/mol. The van der Waals surface area contributed by atoms with E-state index in [1.165, 1.54) is 11.1 Å². The zero-order valence-electron chi connectivity index (χ0n) is 13.9. The topological polar surface area (TPSA) is 68.6 Å². The van der Waals surface area contributed by atoms with E-state index in [4.69, 9.17) is 9.72 Å². The van der Waals surface area contributed by atoms with Crippen LogP contribution in [0.25, 0.3) is 22.1 Å². The Morgan fingerprint density at radius 2 is 2.12 bits per heavy atom. The smallest absolute Gasteiger partial charge is 0.139 e. The van der Waals surface area contributed by atoms with Gasteiger partial charge in [0.15, 0.2) is 0 Å². The summed E-state index contributed by atoms with van der Waals surface area (Å²) < 4.78 is 8.00. The fourth-order valence-electron chi connectivity index (χ4n) is 3.79. The molecule has 0 unspecified atom stereocenters. The molecule has 0 saturated carbocycles. The summed E-state index contributed by atoms with van der Waals surface area (Å²) in [6.45, 7) is 1.61. The van der Waals surface area contributed by atoms with Crippen molar-refractivity contribution in [1.29, 1.82) is 0 Å². The van der Waals surface area contributed by atoms with E-state index in [0.29, 0.717) is 6.04 Å². The van der Waals surface area contributed by atoms with Crippen molar-refractivity contribution >= 4 is 22.1 Å². The summed E-state index contributed by atoms with van der Waals surface area (Å²) in [7, 11) is 0. The number of fused-ring (bicyclic) bond motifs is 3.